The van der Waals surface area contributed by atoms with Crippen LogP contribution in [0.15, 0.2) is 23.1 Å². The Kier molecular flexibility index (Phi) is 5.06. The highest BCUT2D eigenvalue weighted by Gasteiger charge is 2.33. The van der Waals surface area contributed by atoms with E-state index in [0.29, 0.717) is 4.90 Å². The molecule has 1 aromatic carbocycles. The molecule has 0 aromatic heterocycles. The van der Waals surface area contributed by atoms with Gasteiger partial charge in [0, 0.05) is 24.2 Å². The highest BCUT2D eigenvalue weighted by molar-refractivity contribution is 7.89. The molecule has 142 valence electrons. The van der Waals surface area contributed by atoms with Gasteiger partial charge >= 0.3 is 0 Å². The minimum absolute atomic E-state index is 0.0569. The van der Waals surface area contributed by atoms with Crippen molar-refractivity contribution in [2.24, 2.45) is 5.92 Å². The number of nitrogens with zero attached hydrogens (tertiary/aromatic N) is 1. The number of amides is 1. The van der Waals surface area contributed by atoms with E-state index in [2.05, 4.69) is 4.72 Å². The molecule has 0 bridgehead atoms. The Balaban J connectivity index is 1.55. The molecule has 2 saturated carbocycles. The van der Waals surface area contributed by atoms with E-state index in [9.17, 15) is 13.2 Å². The van der Waals surface area contributed by atoms with E-state index in [1.54, 1.807) is 12.1 Å². The second kappa shape index (κ2) is 7.31. The third-order valence-corrected chi connectivity index (χ3v) is 7.65. The van der Waals surface area contributed by atoms with Crippen LogP contribution in [0.2, 0.25) is 0 Å². The number of carbonyl (C=O) groups is 1. The summed E-state index contributed by atoms with van der Waals surface area (Å²) in [6.45, 7) is 0.745. The van der Waals surface area contributed by atoms with E-state index in [1.807, 2.05) is 11.0 Å². The van der Waals surface area contributed by atoms with Crippen molar-refractivity contribution in [1.29, 1.82) is 0 Å². The Morgan fingerprint density at radius 3 is 2.46 bits per heavy atom. The van der Waals surface area contributed by atoms with Crippen LogP contribution in [-0.2, 0) is 21.2 Å². The second-order valence-electron chi connectivity index (χ2n) is 7.97. The first kappa shape index (κ1) is 18.0. The van der Waals surface area contributed by atoms with Gasteiger partial charge in [-0.2, -0.15) is 0 Å². The minimum atomic E-state index is -3.49. The summed E-state index contributed by atoms with van der Waals surface area (Å²) in [7, 11) is -3.49. The van der Waals surface area contributed by atoms with Crippen molar-refractivity contribution in [2.45, 2.75) is 75.1 Å². The lowest BCUT2D eigenvalue weighted by Gasteiger charge is -2.35. The van der Waals surface area contributed by atoms with Gasteiger partial charge in [-0.1, -0.05) is 25.7 Å². The molecule has 3 aliphatic rings. The van der Waals surface area contributed by atoms with Crippen LogP contribution < -0.4 is 9.62 Å². The lowest BCUT2D eigenvalue weighted by molar-refractivity contribution is -0.124. The van der Waals surface area contributed by atoms with Gasteiger partial charge in [0.25, 0.3) is 0 Å². The quantitative estimate of drug-likeness (QED) is 0.876. The first-order chi connectivity index (χ1) is 12.5. The third-order valence-electron chi connectivity index (χ3n) is 6.13. The van der Waals surface area contributed by atoms with Crippen LogP contribution in [0.25, 0.3) is 0 Å². The summed E-state index contributed by atoms with van der Waals surface area (Å²) in [5.74, 6) is 0.380. The lowest BCUT2D eigenvalue weighted by Crippen LogP contribution is -2.42. The van der Waals surface area contributed by atoms with E-state index < -0.39 is 10.0 Å². The maximum absolute atomic E-state index is 12.8. The molecule has 0 atom stereocenters. The fourth-order valence-electron chi connectivity index (χ4n) is 4.35. The van der Waals surface area contributed by atoms with Crippen molar-refractivity contribution in [2.75, 3.05) is 11.4 Å². The molecule has 5 nitrogen and oxygen atoms in total. The number of sulfonamides is 1. The highest BCUT2D eigenvalue weighted by Crippen LogP contribution is 2.35. The van der Waals surface area contributed by atoms with Crippen molar-refractivity contribution < 1.29 is 13.2 Å². The first-order valence-corrected chi connectivity index (χ1v) is 11.5. The number of rotatable bonds is 4. The number of anilines is 1. The van der Waals surface area contributed by atoms with Gasteiger partial charge in [-0.25, -0.2) is 13.1 Å². The van der Waals surface area contributed by atoms with Crippen molar-refractivity contribution in [3.63, 3.8) is 0 Å². The molecule has 2 fully saturated rings. The largest absolute Gasteiger partial charge is 0.312 e. The predicted molar refractivity (Wildman–Crippen MR) is 102 cm³/mol. The van der Waals surface area contributed by atoms with Crippen LogP contribution in [0.3, 0.4) is 0 Å². The summed E-state index contributed by atoms with van der Waals surface area (Å²) < 4.78 is 28.4. The van der Waals surface area contributed by atoms with E-state index in [-0.39, 0.29) is 17.9 Å². The lowest BCUT2D eigenvalue weighted by atomic mass is 9.83. The summed E-state index contributed by atoms with van der Waals surface area (Å²) >= 11 is 0. The molecular weight excluding hydrogens is 348 g/mol. The number of fused-ring (bicyclic) bond motifs is 1. The monoisotopic (exact) mass is 376 g/mol. The van der Waals surface area contributed by atoms with Crippen LogP contribution in [0, 0.1) is 5.92 Å². The number of nitrogens with one attached hydrogen (secondary N) is 1. The fourth-order valence-corrected chi connectivity index (χ4v) is 5.71. The summed E-state index contributed by atoms with van der Waals surface area (Å²) in [5, 5.41) is 0. The molecule has 4 rings (SSSR count). The van der Waals surface area contributed by atoms with Crippen molar-refractivity contribution in [3.8, 4) is 0 Å². The number of hydrogen-bond acceptors (Lipinski definition) is 3. The van der Waals surface area contributed by atoms with Gasteiger partial charge in [-0.3, -0.25) is 4.79 Å². The molecule has 26 heavy (non-hydrogen) atoms. The van der Waals surface area contributed by atoms with Crippen molar-refractivity contribution in [1.82, 2.24) is 4.72 Å². The minimum Gasteiger partial charge on any atom is -0.312 e. The standard InChI is InChI=1S/C20H28N2O3S/c23-20(15-6-4-7-15)22-13-5-8-16-14-18(11-12-19(16)22)26(24,25)21-17-9-2-1-3-10-17/h11-12,14-15,17,21H,1-10,13H2. The van der Waals surface area contributed by atoms with E-state index in [4.69, 9.17) is 0 Å². The Labute approximate surface area is 156 Å². The third kappa shape index (κ3) is 3.54. The number of carbonyl (C=O) groups excluding carboxylic acids is 1. The van der Waals surface area contributed by atoms with Crippen molar-refractivity contribution in [3.05, 3.63) is 23.8 Å². The molecule has 1 heterocycles. The molecule has 1 N–H and O–H groups in total. The Hall–Kier alpha value is -1.40. The second-order valence-corrected chi connectivity index (χ2v) is 9.68. The highest BCUT2D eigenvalue weighted by atomic mass is 32.2. The summed E-state index contributed by atoms with van der Waals surface area (Å²) in [5.41, 5.74) is 1.89. The molecule has 1 amide bonds. The zero-order valence-corrected chi connectivity index (χ0v) is 16.1. The van der Waals surface area contributed by atoms with Crippen LogP contribution in [0.5, 0.6) is 0 Å². The molecule has 0 saturated heterocycles. The first-order valence-electron chi connectivity index (χ1n) is 10.0. The fraction of sp³-hybridized carbons (Fsp3) is 0.650. The smallest absolute Gasteiger partial charge is 0.240 e. The van der Waals surface area contributed by atoms with Crippen LogP contribution in [-0.4, -0.2) is 26.9 Å². The average Bonchev–Trinajstić information content (AvgIpc) is 2.59. The molecule has 0 unspecified atom stereocenters. The van der Waals surface area contributed by atoms with Gasteiger partial charge in [-0.15, -0.1) is 0 Å². The molecule has 1 aliphatic heterocycles. The molecule has 0 spiro atoms. The van der Waals surface area contributed by atoms with E-state index in [1.165, 1.54) is 6.42 Å². The van der Waals surface area contributed by atoms with Gasteiger partial charge in [0.15, 0.2) is 0 Å². The van der Waals surface area contributed by atoms with E-state index in [0.717, 1.165) is 75.6 Å². The van der Waals surface area contributed by atoms with Crippen LogP contribution >= 0.6 is 0 Å². The summed E-state index contributed by atoms with van der Waals surface area (Å²) in [4.78, 5) is 14.9. The number of benzene rings is 1. The topological polar surface area (TPSA) is 66.5 Å². The van der Waals surface area contributed by atoms with Crippen LogP contribution in [0.4, 0.5) is 5.69 Å². The van der Waals surface area contributed by atoms with Crippen LogP contribution in [0.1, 0.15) is 63.4 Å². The van der Waals surface area contributed by atoms with Gasteiger partial charge < -0.3 is 4.90 Å². The van der Waals surface area contributed by atoms with Crippen molar-refractivity contribution >= 4 is 21.6 Å². The molecule has 2 aliphatic carbocycles. The predicted octanol–water partition coefficient (Wildman–Crippen LogP) is 3.38. The summed E-state index contributed by atoms with van der Waals surface area (Å²) in [6.07, 6.45) is 10.1. The summed E-state index contributed by atoms with van der Waals surface area (Å²) in [6, 6.07) is 5.33. The number of aryl methyl sites for hydroxylation is 1. The average molecular weight is 377 g/mol. The Morgan fingerprint density at radius 2 is 1.77 bits per heavy atom. The van der Waals surface area contributed by atoms with Gasteiger partial charge in [0.05, 0.1) is 4.90 Å². The Bertz CT molecular complexity index is 780. The Morgan fingerprint density at radius 1 is 1.00 bits per heavy atom. The normalized spacial score (nSPS) is 21.9. The maximum Gasteiger partial charge on any atom is 0.240 e. The maximum atomic E-state index is 12.8. The SMILES string of the molecule is O=C(C1CCC1)N1CCCc2cc(S(=O)(=O)NC3CCCCC3)ccc21. The molecule has 1 aromatic rings. The van der Waals surface area contributed by atoms with E-state index >= 15 is 0 Å². The van der Waals surface area contributed by atoms with Gasteiger partial charge in [0.1, 0.15) is 0 Å². The van der Waals surface area contributed by atoms with Gasteiger partial charge in [-0.05, 0) is 62.3 Å². The molecule has 6 heteroatoms. The molecule has 0 radical (unpaired) electrons. The zero-order valence-electron chi connectivity index (χ0n) is 15.2. The number of hydrogen-bond donors (Lipinski definition) is 1. The zero-order chi connectivity index (χ0) is 18.1. The van der Waals surface area contributed by atoms with Gasteiger partial charge in [0.2, 0.25) is 15.9 Å². The molecular formula is C20H28N2O3S.